The summed E-state index contributed by atoms with van der Waals surface area (Å²) in [6.45, 7) is 2.13. The lowest BCUT2D eigenvalue weighted by atomic mass is 9.98. The highest BCUT2D eigenvalue weighted by molar-refractivity contribution is 5.85. The lowest BCUT2D eigenvalue weighted by Crippen LogP contribution is -2.12. The van der Waals surface area contributed by atoms with Crippen molar-refractivity contribution in [3.63, 3.8) is 0 Å². The van der Waals surface area contributed by atoms with E-state index >= 15 is 4.39 Å². The van der Waals surface area contributed by atoms with E-state index in [0.29, 0.717) is 28.5 Å². The number of halogens is 6. The Morgan fingerprint density at radius 1 is 0.667 bits per heavy atom. The number of hydrogen-bond acceptors (Lipinski definition) is 0. The molecule has 4 rings (SSSR count). The van der Waals surface area contributed by atoms with E-state index in [-0.39, 0.29) is 18.4 Å². The molecule has 184 valence electrons. The second-order valence-corrected chi connectivity index (χ2v) is 8.60. The summed E-state index contributed by atoms with van der Waals surface area (Å²) in [5.41, 5.74) is 1.26. The van der Waals surface area contributed by atoms with Gasteiger partial charge in [0.1, 0.15) is 23.0 Å². The normalized spacial score (nSPS) is 11.4. The average molecular weight is 496 g/mol. The van der Waals surface area contributed by atoms with Crippen molar-refractivity contribution in [2.24, 2.45) is 0 Å². The van der Waals surface area contributed by atoms with Crippen LogP contribution in [0.3, 0.4) is 0 Å². The van der Waals surface area contributed by atoms with Gasteiger partial charge >= 0.3 is 6.18 Å². The number of alkyl halides is 3. The van der Waals surface area contributed by atoms with Gasteiger partial charge in [0.2, 0.25) is 0 Å². The molecule has 0 saturated heterocycles. The number of rotatable bonds is 5. The molecule has 4 aromatic rings. The van der Waals surface area contributed by atoms with E-state index in [1.54, 1.807) is 30.3 Å². The Hall–Kier alpha value is -3.72. The molecule has 0 aliphatic rings. The zero-order valence-corrected chi connectivity index (χ0v) is 19.4. The van der Waals surface area contributed by atoms with Crippen molar-refractivity contribution < 1.29 is 26.3 Å². The van der Waals surface area contributed by atoms with Crippen LogP contribution in [0, 0.1) is 29.3 Å². The SMILES string of the molecule is CCCc1ccc(C#Cc2ccc3c(F)c(CCc4cc(F)c(C(F)(F)F)c(F)c4)ccc3c2)cc1. The summed E-state index contributed by atoms with van der Waals surface area (Å²) in [5.74, 6) is 2.36. The number of fused-ring (bicyclic) bond motifs is 1. The van der Waals surface area contributed by atoms with Gasteiger partial charge in [0.05, 0.1) is 0 Å². The standard InChI is InChI=1S/C30H22F6/c1-2-3-19-4-6-20(7-5-19)8-9-21-11-15-25-24(16-21)14-13-23(29(25)33)12-10-22-17-26(31)28(27(32)18-22)30(34,35)36/h4-7,11,13-18H,2-3,10,12H2,1H3. The highest BCUT2D eigenvalue weighted by Gasteiger charge is 2.37. The molecule has 0 aromatic heterocycles. The van der Waals surface area contributed by atoms with Crippen LogP contribution in [-0.2, 0) is 25.4 Å². The first-order valence-corrected chi connectivity index (χ1v) is 11.5. The van der Waals surface area contributed by atoms with Crippen LogP contribution in [0.2, 0.25) is 0 Å². The van der Waals surface area contributed by atoms with E-state index in [0.717, 1.165) is 24.0 Å². The third kappa shape index (κ3) is 5.73. The van der Waals surface area contributed by atoms with Crippen LogP contribution >= 0.6 is 0 Å². The molecule has 0 fully saturated rings. The Bertz CT molecular complexity index is 1430. The fraction of sp³-hybridized carbons (Fsp3) is 0.200. The van der Waals surface area contributed by atoms with E-state index in [1.165, 1.54) is 5.56 Å². The third-order valence-corrected chi connectivity index (χ3v) is 5.95. The van der Waals surface area contributed by atoms with Gasteiger partial charge < -0.3 is 0 Å². The van der Waals surface area contributed by atoms with Crippen molar-refractivity contribution in [3.8, 4) is 11.8 Å². The Morgan fingerprint density at radius 3 is 1.94 bits per heavy atom. The molecule has 36 heavy (non-hydrogen) atoms. The molecule has 0 N–H and O–H groups in total. The van der Waals surface area contributed by atoms with Gasteiger partial charge in [-0.2, -0.15) is 13.2 Å². The molecule has 0 heterocycles. The van der Waals surface area contributed by atoms with Gasteiger partial charge in [-0.15, -0.1) is 0 Å². The van der Waals surface area contributed by atoms with Crippen LogP contribution in [-0.4, -0.2) is 0 Å². The molecule has 0 amide bonds. The van der Waals surface area contributed by atoms with E-state index in [9.17, 15) is 22.0 Å². The largest absolute Gasteiger partial charge is 0.422 e. The first kappa shape index (κ1) is 25.4. The fourth-order valence-corrected chi connectivity index (χ4v) is 4.12. The highest BCUT2D eigenvalue weighted by Crippen LogP contribution is 2.34. The van der Waals surface area contributed by atoms with Crippen molar-refractivity contribution in [2.45, 2.75) is 38.8 Å². The number of hydrogen-bond donors (Lipinski definition) is 0. The van der Waals surface area contributed by atoms with Crippen molar-refractivity contribution >= 4 is 10.8 Å². The van der Waals surface area contributed by atoms with Crippen LogP contribution in [0.25, 0.3) is 10.8 Å². The number of aryl methyl sites for hydroxylation is 3. The smallest absolute Gasteiger partial charge is 0.206 e. The van der Waals surface area contributed by atoms with Gasteiger partial charge in [-0.05, 0) is 77.7 Å². The van der Waals surface area contributed by atoms with Crippen LogP contribution in [0.4, 0.5) is 26.3 Å². The second-order valence-electron chi connectivity index (χ2n) is 8.60. The van der Waals surface area contributed by atoms with Gasteiger partial charge in [-0.3, -0.25) is 0 Å². The van der Waals surface area contributed by atoms with Gasteiger partial charge in [-0.25, -0.2) is 13.2 Å². The monoisotopic (exact) mass is 496 g/mol. The van der Waals surface area contributed by atoms with E-state index < -0.39 is 29.2 Å². The maximum Gasteiger partial charge on any atom is 0.422 e. The minimum absolute atomic E-state index is 0.0188. The minimum Gasteiger partial charge on any atom is -0.206 e. The quantitative estimate of drug-likeness (QED) is 0.192. The summed E-state index contributed by atoms with van der Waals surface area (Å²) in [7, 11) is 0. The van der Waals surface area contributed by atoms with Crippen LogP contribution in [0.1, 0.15) is 46.7 Å². The first-order chi connectivity index (χ1) is 17.2. The van der Waals surface area contributed by atoms with Crippen molar-refractivity contribution in [2.75, 3.05) is 0 Å². The fourth-order valence-electron chi connectivity index (χ4n) is 4.12. The molecule has 6 heteroatoms. The van der Waals surface area contributed by atoms with Crippen LogP contribution < -0.4 is 0 Å². The van der Waals surface area contributed by atoms with Crippen molar-refractivity contribution in [1.82, 2.24) is 0 Å². The molecule has 0 bridgehead atoms. The molecule has 0 nitrogen and oxygen atoms in total. The molecule has 0 saturated carbocycles. The number of benzene rings is 4. The molecule has 4 aromatic carbocycles. The van der Waals surface area contributed by atoms with Crippen LogP contribution in [0.5, 0.6) is 0 Å². The molecule has 0 unspecified atom stereocenters. The molecule has 0 aliphatic carbocycles. The zero-order chi connectivity index (χ0) is 25.9. The summed E-state index contributed by atoms with van der Waals surface area (Å²) in [6.07, 6.45) is -2.98. The topological polar surface area (TPSA) is 0 Å². The van der Waals surface area contributed by atoms with Gasteiger partial charge in [0, 0.05) is 16.5 Å². The first-order valence-electron chi connectivity index (χ1n) is 11.5. The van der Waals surface area contributed by atoms with E-state index in [4.69, 9.17) is 0 Å². The van der Waals surface area contributed by atoms with E-state index in [1.807, 2.05) is 12.1 Å². The Morgan fingerprint density at radius 2 is 1.31 bits per heavy atom. The minimum atomic E-state index is -5.13. The summed E-state index contributed by atoms with van der Waals surface area (Å²) >= 11 is 0. The highest BCUT2D eigenvalue weighted by atomic mass is 19.4. The Labute approximate surface area is 205 Å². The lowest BCUT2D eigenvalue weighted by Gasteiger charge is -2.12. The van der Waals surface area contributed by atoms with Crippen molar-refractivity contribution in [3.05, 3.63) is 118 Å². The average Bonchev–Trinajstić information content (AvgIpc) is 2.82. The van der Waals surface area contributed by atoms with Crippen molar-refractivity contribution in [1.29, 1.82) is 0 Å². The molecule has 0 aliphatic heterocycles. The predicted octanol–water partition coefficient (Wildman–Crippen LogP) is 8.41. The van der Waals surface area contributed by atoms with Crippen LogP contribution in [0.15, 0.2) is 66.7 Å². The summed E-state index contributed by atoms with van der Waals surface area (Å²) in [4.78, 5) is 0. The summed E-state index contributed by atoms with van der Waals surface area (Å²) in [5, 5.41) is 1.01. The van der Waals surface area contributed by atoms with Gasteiger partial charge in [0.25, 0.3) is 0 Å². The maximum absolute atomic E-state index is 15.1. The predicted molar refractivity (Wildman–Crippen MR) is 129 cm³/mol. The lowest BCUT2D eigenvalue weighted by molar-refractivity contribution is -0.142. The second kappa shape index (κ2) is 10.5. The third-order valence-electron chi connectivity index (χ3n) is 5.95. The summed E-state index contributed by atoms with van der Waals surface area (Å²) < 4.78 is 81.0. The zero-order valence-electron chi connectivity index (χ0n) is 19.4. The molecule has 0 spiro atoms. The Balaban J connectivity index is 1.51. The van der Waals surface area contributed by atoms with Gasteiger partial charge in [0.15, 0.2) is 0 Å². The summed E-state index contributed by atoms with van der Waals surface area (Å²) in [6, 6.07) is 17.8. The molecular formula is C30H22F6. The molecular weight excluding hydrogens is 474 g/mol. The molecule has 0 atom stereocenters. The van der Waals surface area contributed by atoms with Gasteiger partial charge in [-0.1, -0.05) is 55.5 Å². The maximum atomic E-state index is 15.1. The van der Waals surface area contributed by atoms with E-state index in [2.05, 4.69) is 30.9 Å². The Kier molecular flexibility index (Phi) is 7.40. The molecule has 0 radical (unpaired) electrons.